The number of carbonyl (C=O) groups is 1. The predicted octanol–water partition coefficient (Wildman–Crippen LogP) is 5.08. The van der Waals surface area contributed by atoms with Gasteiger partial charge in [0.2, 0.25) is 0 Å². The number of aromatic nitrogens is 4. The summed E-state index contributed by atoms with van der Waals surface area (Å²) in [5, 5.41) is 22.5. The molecule has 0 radical (unpaired) electrons. The van der Waals surface area contributed by atoms with E-state index in [2.05, 4.69) is 55.9 Å². The Bertz CT molecular complexity index is 819. The minimum absolute atomic E-state index is 0.135. The Morgan fingerprint density at radius 3 is 2.29 bits per heavy atom. The Balaban J connectivity index is 2.27. The van der Waals surface area contributed by atoms with Gasteiger partial charge in [0.1, 0.15) is 6.73 Å². The highest BCUT2D eigenvalue weighted by atomic mass is 28.3. The summed E-state index contributed by atoms with van der Waals surface area (Å²) in [6, 6.07) is 1.03. The number of carboxylic acids is 1. The third-order valence-corrected chi connectivity index (χ3v) is 8.80. The fraction of sp³-hybridized carbons (Fsp3) is 0.917. The van der Waals surface area contributed by atoms with Crippen LogP contribution in [0, 0.1) is 11.3 Å². The third kappa shape index (κ3) is 8.95. The van der Waals surface area contributed by atoms with Gasteiger partial charge in [0.05, 0.1) is 17.1 Å². The highest BCUT2D eigenvalue weighted by Gasteiger charge is 2.52. The maximum atomic E-state index is 12.5. The van der Waals surface area contributed by atoms with Gasteiger partial charge in [-0.25, -0.2) is 4.68 Å². The first-order valence-electron chi connectivity index (χ1n) is 12.8. The molecule has 35 heavy (non-hydrogen) atoms. The molecule has 2 heterocycles. The zero-order valence-corrected chi connectivity index (χ0v) is 24.6. The molecule has 1 aliphatic rings. The van der Waals surface area contributed by atoms with Crippen LogP contribution in [0.2, 0.25) is 32.0 Å². The van der Waals surface area contributed by atoms with Crippen molar-refractivity contribution in [2.45, 2.75) is 124 Å². The van der Waals surface area contributed by atoms with Gasteiger partial charge < -0.3 is 19.2 Å². The summed E-state index contributed by atoms with van der Waals surface area (Å²) in [5.74, 6) is -1.48. The van der Waals surface area contributed by atoms with Gasteiger partial charge in [-0.3, -0.25) is 4.79 Å². The van der Waals surface area contributed by atoms with Crippen molar-refractivity contribution in [2.75, 3.05) is 6.61 Å². The number of hydrogen-bond donors (Lipinski definition) is 1. The van der Waals surface area contributed by atoms with Gasteiger partial charge >= 0.3 is 13.1 Å². The van der Waals surface area contributed by atoms with Crippen LogP contribution in [0.25, 0.3) is 0 Å². The topological polar surface area (TPSA) is 109 Å². The van der Waals surface area contributed by atoms with Gasteiger partial charge in [-0.15, -0.1) is 5.10 Å². The molecule has 1 saturated heterocycles. The Labute approximate surface area is 212 Å². The smallest absolute Gasteiger partial charge is 0.458 e. The van der Waals surface area contributed by atoms with E-state index in [0.717, 1.165) is 18.9 Å². The number of tetrazole rings is 1. The Morgan fingerprint density at radius 2 is 1.77 bits per heavy atom. The standard InChI is InChI=1S/C24H47BN4O5Si/c1-22(2,3)13-11-12-18(21(30)31)19(16-25-33-23(4,5)24(6,7)34-25)20-26-27-28-29(20)17-32-14-15-35(8,9)10/h18-19H,11-17H2,1-10H3,(H,30,31)/t18?,19-/m0/s1. The number of aliphatic carboxylic acids is 1. The van der Waals surface area contributed by atoms with Crippen LogP contribution in [0.1, 0.15) is 79.5 Å². The van der Waals surface area contributed by atoms with E-state index in [9.17, 15) is 9.90 Å². The molecule has 0 amide bonds. The molecule has 2 atom stereocenters. The van der Waals surface area contributed by atoms with Crippen molar-refractivity contribution < 1.29 is 23.9 Å². The summed E-state index contributed by atoms with van der Waals surface area (Å²) < 4.78 is 20.0. The molecule has 1 aliphatic heterocycles. The van der Waals surface area contributed by atoms with E-state index in [-0.39, 0.29) is 12.1 Å². The average molecular weight is 511 g/mol. The zero-order valence-electron chi connectivity index (χ0n) is 23.6. The molecule has 1 N–H and O–H groups in total. The van der Waals surface area contributed by atoms with Crippen LogP contribution in [-0.4, -0.2) is 64.3 Å². The van der Waals surface area contributed by atoms with Gasteiger partial charge in [-0.05, 0) is 68.7 Å². The lowest BCUT2D eigenvalue weighted by Crippen LogP contribution is -2.41. The molecule has 0 aromatic carbocycles. The lowest BCUT2D eigenvalue weighted by Gasteiger charge is -2.32. The lowest BCUT2D eigenvalue weighted by atomic mass is 9.70. The van der Waals surface area contributed by atoms with Crippen molar-refractivity contribution in [2.24, 2.45) is 11.3 Å². The fourth-order valence-electron chi connectivity index (χ4n) is 4.17. The van der Waals surface area contributed by atoms with Crippen LogP contribution >= 0.6 is 0 Å². The summed E-state index contributed by atoms with van der Waals surface area (Å²) in [6.45, 7) is 22.2. The summed E-state index contributed by atoms with van der Waals surface area (Å²) in [7, 11) is -1.78. The molecular formula is C24H47BN4O5Si. The van der Waals surface area contributed by atoms with Gasteiger partial charge in [-0.2, -0.15) is 0 Å². The van der Waals surface area contributed by atoms with E-state index in [1.165, 1.54) is 0 Å². The Kier molecular flexibility index (Phi) is 9.75. The van der Waals surface area contributed by atoms with Crippen molar-refractivity contribution in [1.82, 2.24) is 20.2 Å². The Hall–Kier alpha value is -1.30. The predicted molar refractivity (Wildman–Crippen MR) is 140 cm³/mol. The van der Waals surface area contributed by atoms with Crippen LogP contribution in [-0.2, 0) is 25.6 Å². The molecule has 0 aliphatic carbocycles. The number of hydrogen-bond acceptors (Lipinski definition) is 7. The highest BCUT2D eigenvalue weighted by Crippen LogP contribution is 2.42. The van der Waals surface area contributed by atoms with Crippen molar-refractivity contribution in [1.29, 1.82) is 0 Å². The normalized spacial score (nSPS) is 19.7. The minimum Gasteiger partial charge on any atom is -0.481 e. The molecule has 0 spiro atoms. The van der Waals surface area contributed by atoms with Crippen molar-refractivity contribution in [3.8, 4) is 0 Å². The van der Waals surface area contributed by atoms with Crippen molar-refractivity contribution in [3.63, 3.8) is 0 Å². The van der Waals surface area contributed by atoms with E-state index < -0.39 is 44.2 Å². The maximum Gasteiger partial charge on any atom is 0.458 e. The second kappa shape index (κ2) is 11.4. The number of nitrogens with zero attached hydrogens (tertiary/aromatic N) is 4. The molecule has 1 unspecified atom stereocenters. The molecule has 11 heteroatoms. The summed E-state index contributed by atoms with van der Waals surface area (Å²) in [6.07, 6.45) is 2.62. The monoisotopic (exact) mass is 510 g/mol. The van der Waals surface area contributed by atoms with Crippen LogP contribution in [0.5, 0.6) is 0 Å². The lowest BCUT2D eigenvalue weighted by molar-refractivity contribution is -0.142. The largest absolute Gasteiger partial charge is 0.481 e. The average Bonchev–Trinajstić information content (AvgIpc) is 3.20. The number of ether oxygens (including phenoxy) is 1. The van der Waals surface area contributed by atoms with Gasteiger partial charge in [0.25, 0.3) is 0 Å². The summed E-state index contributed by atoms with van der Waals surface area (Å²) in [5.41, 5.74) is -0.867. The molecule has 1 aromatic heterocycles. The first-order valence-corrected chi connectivity index (χ1v) is 16.5. The third-order valence-electron chi connectivity index (χ3n) is 7.09. The molecule has 0 bridgehead atoms. The van der Waals surface area contributed by atoms with Crippen LogP contribution in [0.15, 0.2) is 0 Å². The van der Waals surface area contributed by atoms with Crippen molar-refractivity contribution in [3.05, 3.63) is 5.82 Å². The van der Waals surface area contributed by atoms with E-state index in [0.29, 0.717) is 25.2 Å². The molecule has 2 rings (SSSR count). The van der Waals surface area contributed by atoms with Crippen LogP contribution in [0.3, 0.4) is 0 Å². The molecular weight excluding hydrogens is 463 g/mol. The van der Waals surface area contributed by atoms with Crippen LogP contribution < -0.4 is 0 Å². The first kappa shape index (κ1) is 29.9. The Morgan fingerprint density at radius 1 is 1.17 bits per heavy atom. The summed E-state index contributed by atoms with van der Waals surface area (Å²) >= 11 is 0. The second-order valence-corrected chi connectivity index (χ2v) is 18.9. The van der Waals surface area contributed by atoms with E-state index in [1.54, 1.807) is 4.68 Å². The quantitative estimate of drug-likeness (QED) is 0.289. The summed E-state index contributed by atoms with van der Waals surface area (Å²) in [4.78, 5) is 12.5. The zero-order chi connectivity index (χ0) is 26.7. The number of carboxylic acid groups (broad SMARTS) is 1. The van der Waals surface area contributed by atoms with Gasteiger partial charge in [-0.1, -0.05) is 46.8 Å². The highest BCUT2D eigenvalue weighted by molar-refractivity contribution is 6.76. The van der Waals surface area contributed by atoms with E-state index in [1.807, 2.05) is 27.7 Å². The van der Waals surface area contributed by atoms with Crippen molar-refractivity contribution >= 4 is 21.2 Å². The van der Waals surface area contributed by atoms with Gasteiger partial charge in [0, 0.05) is 20.6 Å². The van der Waals surface area contributed by atoms with E-state index in [4.69, 9.17) is 14.0 Å². The van der Waals surface area contributed by atoms with E-state index >= 15 is 0 Å². The minimum atomic E-state index is -1.23. The number of rotatable bonds is 13. The molecule has 9 nitrogen and oxygen atoms in total. The second-order valence-electron chi connectivity index (χ2n) is 13.3. The van der Waals surface area contributed by atoms with Crippen LogP contribution in [0.4, 0.5) is 0 Å². The molecule has 0 saturated carbocycles. The molecule has 200 valence electrons. The van der Waals surface area contributed by atoms with Gasteiger partial charge in [0.15, 0.2) is 5.82 Å². The molecule has 1 aromatic rings. The first-order chi connectivity index (χ1) is 15.9. The fourth-order valence-corrected chi connectivity index (χ4v) is 4.92. The maximum absolute atomic E-state index is 12.5. The SMILES string of the molecule is CC(C)(C)CCCC(C(=O)O)[C@H](CB1OC(C)(C)C(C)(C)O1)c1nnnn1COCC[Si](C)(C)C. The molecule has 1 fully saturated rings.